The lowest BCUT2D eigenvalue weighted by Gasteiger charge is -2.14. The zero-order chi connectivity index (χ0) is 12.6. The van der Waals surface area contributed by atoms with Crippen LogP contribution in [0.5, 0.6) is 0 Å². The lowest BCUT2D eigenvalue weighted by molar-refractivity contribution is -0.115. The second-order valence-corrected chi connectivity index (χ2v) is 4.64. The van der Waals surface area contributed by atoms with Gasteiger partial charge in [0.1, 0.15) is 5.76 Å². The van der Waals surface area contributed by atoms with E-state index in [2.05, 4.69) is 0 Å². The fraction of sp³-hybridized carbons (Fsp3) is 0.429. The van der Waals surface area contributed by atoms with Crippen LogP contribution in [0.25, 0.3) is 6.08 Å². The highest BCUT2D eigenvalue weighted by Gasteiger charge is 2.23. The molecular weight excluding hydrogens is 216 g/mol. The Balaban J connectivity index is 2.61. The molecule has 0 atom stereocenters. The van der Waals surface area contributed by atoms with Gasteiger partial charge in [-0.2, -0.15) is 0 Å². The summed E-state index contributed by atoms with van der Waals surface area (Å²) >= 11 is 0. The van der Waals surface area contributed by atoms with E-state index in [9.17, 15) is 9.59 Å². The molecule has 0 aromatic carbocycles. The van der Waals surface area contributed by atoms with Crippen molar-refractivity contribution in [3.8, 4) is 0 Å². The van der Waals surface area contributed by atoms with Crippen molar-refractivity contribution in [1.29, 1.82) is 0 Å². The van der Waals surface area contributed by atoms with Crippen LogP contribution in [0.1, 0.15) is 50.0 Å². The zero-order valence-corrected chi connectivity index (χ0v) is 10.4. The summed E-state index contributed by atoms with van der Waals surface area (Å²) in [5, 5.41) is 0. The average molecular weight is 232 g/mol. The first-order valence-corrected chi connectivity index (χ1v) is 5.93. The van der Waals surface area contributed by atoms with Crippen LogP contribution in [0.4, 0.5) is 0 Å². The topological polar surface area (TPSA) is 47.3 Å². The van der Waals surface area contributed by atoms with Gasteiger partial charge in [0.2, 0.25) is 0 Å². The number of carbonyl (C=O) groups excluding carboxylic acids is 1. The molecule has 17 heavy (non-hydrogen) atoms. The molecule has 0 amide bonds. The molecule has 0 unspecified atom stereocenters. The number of carbonyl (C=O) groups is 1. The van der Waals surface area contributed by atoms with Gasteiger partial charge in [0.25, 0.3) is 0 Å². The molecule has 1 aliphatic rings. The van der Waals surface area contributed by atoms with Gasteiger partial charge in [-0.05, 0) is 24.0 Å². The van der Waals surface area contributed by atoms with Gasteiger partial charge in [-0.3, -0.25) is 9.59 Å². The highest BCUT2D eigenvalue weighted by atomic mass is 16.3. The molecule has 0 spiro atoms. The lowest BCUT2D eigenvalue weighted by Crippen LogP contribution is -2.23. The number of hydrogen-bond donors (Lipinski definition) is 0. The van der Waals surface area contributed by atoms with E-state index < -0.39 is 0 Å². The molecule has 1 aliphatic carbocycles. The molecule has 1 aromatic rings. The van der Waals surface area contributed by atoms with Crippen LogP contribution in [0.2, 0.25) is 0 Å². The van der Waals surface area contributed by atoms with Crippen molar-refractivity contribution in [2.24, 2.45) is 0 Å². The third-order valence-corrected chi connectivity index (χ3v) is 3.15. The van der Waals surface area contributed by atoms with Crippen LogP contribution in [-0.4, -0.2) is 5.78 Å². The Kier molecular flexibility index (Phi) is 3.01. The maximum atomic E-state index is 12.2. The van der Waals surface area contributed by atoms with Crippen molar-refractivity contribution >= 4 is 11.9 Å². The molecule has 0 saturated heterocycles. The smallest absolute Gasteiger partial charge is 0.192 e. The standard InChI is InChI=1S/C14H16O3/c1-4-9-5-13-10(6-12(9)15)14(16)11(7-17-13)8(2)3/h5,7-8H,4,6H2,1-3H3. The van der Waals surface area contributed by atoms with E-state index in [4.69, 9.17) is 4.42 Å². The molecule has 0 saturated carbocycles. The first kappa shape index (κ1) is 11.8. The molecule has 1 heterocycles. The Labute approximate surface area is 100 Å². The number of rotatable bonds is 2. The molecule has 90 valence electrons. The van der Waals surface area contributed by atoms with Crippen LogP contribution in [0.15, 0.2) is 21.0 Å². The number of fused-ring (bicyclic) bond motifs is 1. The molecule has 0 radical (unpaired) electrons. The Morgan fingerprint density at radius 1 is 1.35 bits per heavy atom. The van der Waals surface area contributed by atoms with E-state index >= 15 is 0 Å². The minimum atomic E-state index is -0.0407. The monoisotopic (exact) mass is 232 g/mol. The SMILES string of the molecule is CCC1=Cc2occ(C(C)C)c(=O)c2CC1=O. The molecule has 0 bridgehead atoms. The number of ketones is 1. The van der Waals surface area contributed by atoms with Crippen LogP contribution in [0, 0.1) is 0 Å². The van der Waals surface area contributed by atoms with Gasteiger partial charge in [0, 0.05) is 12.0 Å². The van der Waals surface area contributed by atoms with E-state index in [0.29, 0.717) is 23.3 Å². The first-order chi connectivity index (χ1) is 8.04. The highest BCUT2D eigenvalue weighted by molar-refractivity contribution is 6.03. The normalized spacial score (nSPS) is 14.8. The minimum Gasteiger partial charge on any atom is -0.464 e. The lowest BCUT2D eigenvalue weighted by atomic mass is 9.91. The van der Waals surface area contributed by atoms with Gasteiger partial charge < -0.3 is 4.42 Å². The van der Waals surface area contributed by atoms with E-state index in [1.54, 1.807) is 6.08 Å². The maximum absolute atomic E-state index is 12.2. The Morgan fingerprint density at radius 2 is 2.06 bits per heavy atom. The van der Waals surface area contributed by atoms with E-state index in [-0.39, 0.29) is 23.6 Å². The van der Waals surface area contributed by atoms with E-state index in [1.165, 1.54) is 6.26 Å². The molecule has 0 N–H and O–H groups in total. The quantitative estimate of drug-likeness (QED) is 0.787. The summed E-state index contributed by atoms with van der Waals surface area (Å²) in [6.45, 7) is 5.81. The highest BCUT2D eigenvalue weighted by Crippen LogP contribution is 2.23. The van der Waals surface area contributed by atoms with Gasteiger partial charge in [-0.15, -0.1) is 0 Å². The maximum Gasteiger partial charge on any atom is 0.192 e. The van der Waals surface area contributed by atoms with E-state index in [1.807, 2.05) is 20.8 Å². The van der Waals surface area contributed by atoms with Crippen LogP contribution in [0.3, 0.4) is 0 Å². The van der Waals surface area contributed by atoms with Crippen LogP contribution >= 0.6 is 0 Å². The molecule has 1 aromatic heterocycles. The van der Waals surface area contributed by atoms with Gasteiger partial charge in [-0.25, -0.2) is 0 Å². The van der Waals surface area contributed by atoms with Crippen LogP contribution < -0.4 is 5.43 Å². The predicted octanol–water partition coefficient (Wildman–Crippen LogP) is 2.68. The van der Waals surface area contributed by atoms with Crippen LogP contribution in [-0.2, 0) is 11.2 Å². The minimum absolute atomic E-state index is 0.0354. The Morgan fingerprint density at radius 3 is 2.65 bits per heavy atom. The molecule has 2 rings (SSSR count). The molecular formula is C14H16O3. The summed E-state index contributed by atoms with van der Waals surface area (Å²) in [6, 6.07) is 0. The molecule has 3 heteroatoms. The Hall–Kier alpha value is -1.64. The van der Waals surface area contributed by atoms with Gasteiger partial charge >= 0.3 is 0 Å². The number of allylic oxidation sites excluding steroid dienone is 1. The average Bonchev–Trinajstić information content (AvgIpc) is 2.29. The molecule has 3 nitrogen and oxygen atoms in total. The molecule has 0 fully saturated rings. The van der Waals surface area contributed by atoms with Crippen molar-refractivity contribution in [1.82, 2.24) is 0 Å². The van der Waals surface area contributed by atoms with Crippen molar-refractivity contribution in [3.05, 3.63) is 38.9 Å². The van der Waals surface area contributed by atoms with Crippen molar-refractivity contribution in [2.75, 3.05) is 0 Å². The summed E-state index contributed by atoms with van der Waals surface area (Å²) < 4.78 is 5.47. The Bertz CT molecular complexity index is 547. The van der Waals surface area contributed by atoms with E-state index in [0.717, 1.165) is 5.57 Å². The van der Waals surface area contributed by atoms with Gasteiger partial charge in [0.05, 0.1) is 11.8 Å². The first-order valence-electron chi connectivity index (χ1n) is 5.93. The zero-order valence-electron chi connectivity index (χ0n) is 10.4. The third kappa shape index (κ3) is 1.97. The summed E-state index contributed by atoms with van der Waals surface area (Å²) in [7, 11) is 0. The fourth-order valence-electron chi connectivity index (χ4n) is 2.04. The predicted molar refractivity (Wildman–Crippen MR) is 66.0 cm³/mol. The summed E-state index contributed by atoms with van der Waals surface area (Å²) in [5.74, 6) is 0.701. The fourth-order valence-corrected chi connectivity index (χ4v) is 2.04. The van der Waals surface area contributed by atoms with Gasteiger partial charge in [-0.1, -0.05) is 20.8 Å². The summed E-state index contributed by atoms with van der Waals surface area (Å²) in [4.78, 5) is 23.9. The second-order valence-electron chi connectivity index (χ2n) is 4.64. The number of hydrogen-bond acceptors (Lipinski definition) is 3. The van der Waals surface area contributed by atoms with Gasteiger partial charge in [0.15, 0.2) is 11.2 Å². The summed E-state index contributed by atoms with van der Waals surface area (Å²) in [5.41, 5.74) is 1.85. The number of Topliss-reactive ketones (excluding diaryl/α,β-unsaturated/α-hetero) is 1. The van der Waals surface area contributed by atoms with Crippen molar-refractivity contribution in [3.63, 3.8) is 0 Å². The van der Waals surface area contributed by atoms with Crippen molar-refractivity contribution in [2.45, 2.75) is 39.5 Å². The third-order valence-electron chi connectivity index (χ3n) is 3.15. The molecule has 0 aliphatic heterocycles. The second kappa shape index (κ2) is 4.32. The van der Waals surface area contributed by atoms with Crippen molar-refractivity contribution < 1.29 is 9.21 Å². The largest absolute Gasteiger partial charge is 0.464 e. The summed E-state index contributed by atoms with van der Waals surface area (Å²) in [6.07, 6.45) is 4.07.